The number of likely N-dealkylation sites (tertiary alicyclic amines) is 2. The molecule has 2 aliphatic heterocycles. The molecular weight excluding hydrogens is 300 g/mol. The van der Waals surface area contributed by atoms with Gasteiger partial charge in [-0.05, 0) is 56.8 Å². The molecule has 2 fully saturated rings. The first-order valence-electron chi connectivity index (χ1n) is 9.24. The van der Waals surface area contributed by atoms with E-state index in [0.717, 1.165) is 30.7 Å². The van der Waals surface area contributed by atoms with E-state index < -0.39 is 0 Å². The van der Waals surface area contributed by atoms with Crippen molar-refractivity contribution in [2.24, 2.45) is 0 Å². The van der Waals surface area contributed by atoms with Gasteiger partial charge in [-0.25, -0.2) is 0 Å². The number of hydrogen-bond donors (Lipinski definition) is 0. The zero-order valence-corrected chi connectivity index (χ0v) is 15.2. The van der Waals surface area contributed by atoms with Crippen LogP contribution >= 0.6 is 0 Å². The molecule has 0 N–H and O–H groups in total. The number of para-hydroxylation sites is 1. The SMILES string of the molecule is COc1ccccc1[C@H](C)CC(=O)N1CCC[C@@H]1[C@@H]1CCCN1C. The van der Waals surface area contributed by atoms with Crippen LogP contribution in [0.3, 0.4) is 0 Å². The number of hydrogen-bond acceptors (Lipinski definition) is 3. The number of rotatable bonds is 5. The molecule has 4 heteroatoms. The Morgan fingerprint density at radius 1 is 1.21 bits per heavy atom. The van der Waals surface area contributed by atoms with Crippen LogP contribution in [0.5, 0.6) is 5.75 Å². The molecule has 2 saturated heterocycles. The maximum absolute atomic E-state index is 13.0. The molecule has 0 aliphatic carbocycles. The van der Waals surface area contributed by atoms with Gasteiger partial charge in [0, 0.05) is 25.0 Å². The van der Waals surface area contributed by atoms with Gasteiger partial charge in [0.25, 0.3) is 0 Å². The van der Waals surface area contributed by atoms with Crippen LogP contribution in [-0.2, 0) is 4.79 Å². The number of ether oxygens (including phenoxy) is 1. The Bertz CT molecular complexity index is 575. The van der Waals surface area contributed by atoms with Crippen molar-refractivity contribution in [3.05, 3.63) is 29.8 Å². The van der Waals surface area contributed by atoms with Crippen LogP contribution in [0.2, 0.25) is 0 Å². The van der Waals surface area contributed by atoms with Crippen molar-refractivity contribution in [1.29, 1.82) is 0 Å². The predicted molar refractivity (Wildman–Crippen MR) is 96.4 cm³/mol. The summed E-state index contributed by atoms with van der Waals surface area (Å²) in [6.45, 7) is 4.22. The topological polar surface area (TPSA) is 32.8 Å². The van der Waals surface area contributed by atoms with E-state index >= 15 is 0 Å². The van der Waals surface area contributed by atoms with Crippen molar-refractivity contribution in [3.63, 3.8) is 0 Å². The predicted octanol–water partition coefficient (Wildman–Crippen LogP) is 3.27. The molecule has 1 aromatic rings. The summed E-state index contributed by atoms with van der Waals surface area (Å²) in [6.07, 6.45) is 5.35. The molecule has 0 bridgehead atoms. The maximum Gasteiger partial charge on any atom is 0.223 e. The summed E-state index contributed by atoms with van der Waals surface area (Å²) in [5.41, 5.74) is 1.13. The summed E-state index contributed by atoms with van der Waals surface area (Å²) in [6, 6.07) is 9.01. The summed E-state index contributed by atoms with van der Waals surface area (Å²) >= 11 is 0. The van der Waals surface area contributed by atoms with Crippen molar-refractivity contribution in [2.45, 2.75) is 57.0 Å². The van der Waals surface area contributed by atoms with E-state index in [1.807, 2.05) is 18.2 Å². The molecule has 0 unspecified atom stereocenters. The van der Waals surface area contributed by atoms with E-state index in [9.17, 15) is 4.79 Å². The van der Waals surface area contributed by atoms with Gasteiger partial charge in [-0.2, -0.15) is 0 Å². The fraction of sp³-hybridized carbons (Fsp3) is 0.650. The van der Waals surface area contributed by atoms with Gasteiger partial charge in [-0.15, -0.1) is 0 Å². The summed E-state index contributed by atoms with van der Waals surface area (Å²) in [5.74, 6) is 1.36. The third-order valence-electron chi connectivity index (χ3n) is 5.79. The Morgan fingerprint density at radius 2 is 1.92 bits per heavy atom. The van der Waals surface area contributed by atoms with E-state index in [2.05, 4.69) is 29.8 Å². The van der Waals surface area contributed by atoms with Crippen molar-refractivity contribution in [2.75, 3.05) is 27.2 Å². The fourth-order valence-corrected chi connectivity index (χ4v) is 4.49. The van der Waals surface area contributed by atoms with Crippen LogP contribution in [0.4, 0.5) is 0 Å². The number of nitrogens with zero attached hydrogens (tertiary/aromatic N) is 2. The van der Waals surface area contributed by atoms with Crippen LogP contribution < -0.4 is 4.74 Å². The number of amides is 1. The molecule has 0 spiro atoms. The molecule has 4 nitrogen and oxygen atoms in total. The number of methoxy groups -OCH3 is 1. The highest BCUT2D eigenvalue weighted by molar-refractivity contribution is 5.78. The number of likely N-dealkylation sites (N-methyl/N-ethyl adjacent to an activating group) is 1. The van der Waals surface area contributed by atoms with E-state index in [-0.39, 0.29) is 5.92 Å². The van der Waals surface area contributed by atoms with Crippen molar-refractivity contribution < 1.29 is 9.53 Å². The average molecular weight is 330 g/mol. The summed E-state index contributed by atoms with van der Waals surface area (Å²) < 4.78 is 5.46. The zero-order valence-electron chi connectivity index (χ0n) is 15.2. The molecular formula is C20H30N2O2. The van der Waals surface area contributed by atoms with Gasteiger partial charge in [-0.1, -0.05) is 25.1 Å². The Morgan fingerprint density at radius 3 is 2.62 bits per heavy atom. The van der Waals surface area contributed by atoms with E-state index in [1.165, 1.54) is 19.4 Å². The molecule has 0 saturated carbocycles. The average Bonchev–Trinajstić information content (AvgIpc) is 3.22. The van der Waals surface area contributed by atoms with Gasteiger partial charge in [0.05, 0.1) is 7.11 Å². The number of carbonyl (C=O) groups excluding carboxylic acids is 1. The normalized spacial score (nSPS) is 25.9. The first-order chi connectivity index (χ1) is 11.6. The van der Waals surface area contributed by atoms with Gasteiger partial charge in [0.2, 0.25) is 5.91 Å². The molecule has 3 atom stereocenters. The Hall–Kier alpha value is -1.55. The summed E-state index contributed by atoms with van der Waals surface area (Å²) in [7, 11) is 3.90. The number of carbonyl (C=O) groups is 1. The van der Waals surface area contributed by atoms with Gasteiger partial charge in [0.15, 0.2) is 0 Å². The largest absolute Gasteiger partial charge is 0.496 e. The van der Waals surface area contributed by atoms with Gasteiger partial charge in [-0.3, -0.25) is 4.79 Å². The van der Waals surface area contributed by atoms with Gasteiger partial charge < -0.3 is 14.5 Å². The Labute approximate surface area is 145 Å². The molecule has 1 amide bonds. The molecule has 2 aliphatic rings. The zero-order chi connectivity index (χ0) is 17.1. The molecule has 2 heterocycles. The minimum Gasteiger partial charge on any atom is -0.496 e. The minimum atomic E-state index is 0.177. The first kappa shape index (κ1) is 17.3. The second-order valence-electron chi connectivity index (χ2n) is 7.33. The van der Waals surface area contributed by atoms with Crippen LogP contribution in [0.25, 0.3) is 0 Å². The van der Waals surface area contributed by atoms with Gasteiger partial charge in [0.1, 0.15) is 5.75 Å². The lowest BCUT2D eigenvalue weighted by Gasteiger charge is -2.34. The highest BCUT2D eigenvalue weighted by Crippen LogP contribution is 2.32. The number of benzene rings is 1. The summed E-state index contributed by atoms with van der Waals surface area (Å²) in [5, 5.41) is 0. The smallest absolute Gasteiger partial charge is 0.223 e. The van der Waals surface area contributed by atoms with Crippen LogP contribution in [0.1, 0.15) is 50.5 Å². The van der Waals surface area contributed by atoms with Gasteiger partial charge >= 0.3 is 0 Å². The second-order valence-corrected chi connectivity index (χ2v) is 7.33. The molecule has 0 aromatic heterocycles. The molecule has 24 heavy (non-hydrogen) atoms. The Kier molecular flexibility index (Phi) is 5.44. The third-order valence-corrected chi connectivity index (χ3v) is 5.79. The lowest BCUT2D eigenvalue weighted by atomic mass is 9.95. The molecule has 0 radical (unpaired) electrons. The van der Waals surface area contributed by atoms with Crippen molar-refractivity contribution in [3.8, 4) is 5.75 Å². The lowest BCUT2D eigenvalue weighted by molar-refractivity contribution is -0.133. The fourth-order valence-electron chi connectivity index (χ4n) is 4.49. The standard InChI is InChI=1S/C20H30N2O2/c1-15(16-8-4-5-11-19(16)24-3)14-20(23)22-13-7-10-18(22)17-9-6-12-21(17)2/h4-5,8,11,15,17-18H,6-7,9-10,12-14H2,1-3H3/t15-,17+,18-/m1/s1. The third kappa shape index (κ3) is 3.44. The van der Waals surface area contributed by atoms with Crippen molar-refractivity contribution >= 4 is 5.91 Å². The molecule has 3 rings (SSSR count). The second kappa shape index (κ2) is 7.56. The van der Waals surface area contributed by atoms with E-state index in [4.69, 9.17) is 4.74 Å². The first-order valence-corrected chi connectivity index (χ1v) is 9.24. The lowest BCUT2D eigenvalue weighted by Crippen LogP contribution is -2.47. The van der Waals surface area contributed by atoms with Crippen LogP contribution in [0.15, 0.2) is 24.3 Å². The van der Waals surface area contributed by atoms with Crippen molar-refractivity contribution in [1.82, 2.24) is 9.80 Å². The van der Waals surface area contributed by atoms with Crippen LogP contribution in [-0.4, -0.2) is 55.0 Å². The Balaban J connectivity index is 1.67. The van der Waals surface area contributed by atoms with E-state index in [0.29, 0.717) is 24.4 Å². The quantitative estimate of drug-likeness (QED) is 0.831. The van der Waals surface area contributed by atoms with Crippen LogP contribution in [0, 0.1) is 0 Å². The maximum atomic E-state index is 13.0. The highest BCUT2D eigenvalue weighted by Gasteiger charge is 2.38. The summed E-state index contributed by atoms with van der Waals surface area (Å²) in [4.78, 5) is 17.6. The molecule has 132 valence electrons. The monoisotopic (exact) mass is 330 g/mol. The molecule has 1 aromatic carbocycles. The minimum absolute atomic E-state index is 0.177. The van der Waals surface area contributed by atoms with E-state index in [1.54, 1.807) is 7.11 Å². The highest BCUT2D eigenvalue weighted by atomic mass is 16.5.